The van der Waals surface area contributed by atoms with Crippen LogP contribution in [-0.2, 0) is 6.54 Å². The molecule has 2 atom stereocenters. The van der Waals surface area contributed by atoms with Crippen molar-refractivity contribution in [2.75, 3.05) is 18.0 Å². The summed E-state index contributed by atoms with van der Waals surface area (Å²) in [5.74, 6) is 0.874. The van der Waals surface area contributed by atoms with E-state index in [2.05, 4.69) is 46.7 Å². The number of nitrogens with zero attached hydrogens (tertiary/aromatic N) is 5. The van der Waals surface area contributed by atoms with Crippen LogP contribution in [0, 0.1) is 6.92 Å². The first-order chi connectivity index (χ1) is 10.7. The topological polar surface area (TPSA) is 45.2 Å². The van der Waals surface area contributed by atoms with Gasteiger partial charge in [0.05, 0.1) is 0 Å². The molecule has 0 N–H and O–H groups in total. The van der Waals surface area contributed by atoms with Gasteiger partial charge < -0.3 is 4.90 Å². The zero-order valence-corrected chi connectivity index (χ0v) is 14.1. The van der Waals surface area contributed by atoms with Crippen molar-refractivity contribution in [3.05, 3.63) is 46.5 Å². The number of aromatic nitrogens is 3. The van der Waals surface area contributed by atoms with Gasteiger partial charge >= 0.3 is 0 Å². The van der Waals surface area contributed by atoms with Crippen LogP contribution < -0.4 is 4.90 Å². The molecule has 5 rings (SSSR count). The Hall–Kier alpha value is -1.53. The number of hydrogen-bond acceptors (Lipinski definition) is 5. The lowest BCUT2D eigenvalue weighted by Gasteiger charge is -2.56. The second-order valence-corrected chi connectivity index (χ2v) is 7.05. The lowest BCUT2D eigenvalue weighted by Crippen LogP contribution is -2.68. The van der Waals surface area contributed by atoms with Gasteiger partial charge in [0.25, 0.3) is 0 Å². The largest absolute Gasteiger partial charge is 0.338 e. The molecule has 0 aromatic carbocycles. The molecule has 3 aliphatic rings. The Balaban J connectivity index is 1.44. The molecule has 5 nitrogen and oxygen atoms in total. The van der Waals surface area contributed by atoms with Crippen LogP contribution in [0.15, 0.2) is 35.2 Å². The van der Waals surface area contributed by atoms with Gasteiger partial charge in [-0.3, -0.25) is 9.88 Å². The number of rotatable bonds is 3. The number of piperidine rings is 1. The van der Waals surface area contributed by atoms with Gasteiger partial charge in [-0.2, -0.15) is 0 Å². The molecule has 2 bridgehead atoms. The number of anilines is 1. The van der Waals surface area contributed by atoms with Crippen LogP contribution in [0.5, 0.6) is 0 Å². The van der Waals surface area contributed by atoms with Crippen molar-refractivity contribution >= 4 is 21.9 Å². The van der Waals surface area contributed by atoms with E-state index in [9.17, 15) is 0 Å². The van der Waals surface area contributed by atoms with Crippen molar-refractivity contribution < 1.29 is 0 Å². The van der Waals surface area contributed by atoms with E-state index in [1.165, 1.54) is 12.0 Å². The standard InChI is InChI=1S/C16H18BrN5/c1-11-2-3-19-16(20-11)21-9-14-5-15(10-21)22(14)8-12-4-13(17)7-18-6-12/h2-4,6-7,14-15H,5,8-10H2,1H3. The molecule has 3 saturated heterocycles. The zero-order valence-electron chi connectivity index (χ0n) is 12.5. The van der Waals surface area contributed by atoms with E-state index in [1.54, 1.807) is 0 Å². The number of aryl methyl sites for hydroxylation is 1. The number of halogens is 1. The molecular weight excluding hydrogens is 342 g/mol. The maximum atomic E-state index is 4.55. The summed E-state index contributed by atoms with van der Waals surface area (Å²) in [6, 6.07) is 5.30. The molecule has 0 aliphatic carbocycles. The molecule has 3 fully saturated rings. The van der Waals surface area contributed by atoms with Gasteiger partial charge in [-0.05, 0) is 47.0 Å². The Labute approximate surface area is 138 Å². The fraction of sp³-hybridized carbons (Fsp3) is 0.438. The van der Waals surface area contributed by atoms with Gasteiger partial charge in [0.1, 0.15) is 0 Å². The van der Waals surface area contributed by atoms with Crippen LogP contribution in [0.3, 0.4) is 0 Å². The lowest BCUT2D eigenvalue weighted by molar-refractivity contribution is -0.00905. The smallest absolute Gasteiger partial charge is 0.225 e. The third kappa shape index (κ3) is 2.61. The Morgan fingerprint density at radius 3 is 2.82 bits per heavy atom. The highest BCUT2D eigenvalue weighted by Gasteiger charge is 2.44. The summed E-state index contributed by atoms with van der Waals surface area (Å²) in [5.41, 5.74) is 2.30. The first-order valence-corrected chi connectivity index (χ1v) is 8.38. The highest BCUT2D eigenvalue weighted by molar-refractivity contribution is 9.10. The van der Waals surface area contributed by atoms with Crippen LogP contribution in [0.25, 0.3) is 0 Å². The van der Waals surface area contributed by atoms with Crippen molar-refractivity contribution in [2.45, 2.75) is 32.0 Å². The van der Waals surface area contributed by atoms with E-state index in [0.717, 1.165) is 35.7 Å². The average Bonchev–Trinajstić information content (AvgIpc) is 2.53. The predicted octanol–water partition coefficient (Wildman–Crippen LogP) is 2.41. The van der Waals surface area contributed by atoms with E-state index < -0.39 is 0 Å². The fourth-order valence-corrected chi connectivity index (χ4v) is 3.86. The number of piperazine rings is 1. The zero-order chi connectivity index (χ0) is 15.1. The molecular formula is C16H18BrN5. The Morgan fingerprint density at radius 1 is 1.27 bits per heavy atom. The second-order valence-electron chi connectivity index (χ2n) is 6.13. The highest BCUT2D eigenvalue weighted by Crippen LogP contribution is 2.35. The number of hydrogen-bond donors (Lipinski definition) is 0. The van der Waals surface area contributed by atoms with Crippen LogP contribution in [0.1, 0.15) is 17.7 Å². The molecule has 0 spiro atoms. The van der Waals surface area contributed by atoms with E-state index in [-0.39, 0.29) is 0 Å². The molecule has 3 aliphatic heterocycles. The quantitative estimate of drug-likeness (QED) is 0.841. The van der Waals surface area contributed by atoms with Gasteiger partial charge in [0.2, 0.25) is 5.95 Å². The van der Waals surface area contributed by atoms with Crippen molar-refractivity contribution in [1.82, 2.24) is 19.9 Å². The van der Waals surface area contributed by atoms with Crippen molar-refractivity contribution in [3.63, 3.8) is 0 Å². The van der Waals surface area contributed by atoms with Crippen LogP contribution in [0.2, 0.25) is 0 Å². The number of fused-ring (bicyclic) bond motifs is 2. The lowest BCUT2D eigenvalue weighted by atomic mass is 9.87. The summed E-state index contributed by atoms with van der Waals surface area (Å²) in [7, 11) is 0. The van der Waals surface area contributed by atoms with Gasteiger partial charge in [-0.1, -0.05) is 0 Å². The van der Waals surface area contributed by atoms with Crippen molar-refractivity contribution in [2.24, 2.45) is 0 Å². The third-order valence-corrected chi connectivity index (χ3v) is 4.97. The maximum absolute atomic E-state index is 4.55. The van der Waals surface area contributed by atoms with E-state index in [4.69, 9.17) is 0 Å². The SMILES string of the molecule is Cc1ccnc(N2CC3CC(C2)N3Cc2cncc(Br)c2)n1. The molecule has 2 unspecified atom stereocenters. The molecule has 5 heterocycles. The monoisotopic (exact) mass is 359 g/mol. The summed E-state index contributed by atoms with van der Waals surface area (Å²) >= 11 is 3.49. The van der Waals surface area contributed by atoms with Crippen molar-refractivity contribution in [1.29, 1.82) is 0 Å². The summed E-state index contributed by atoms with van der Waals surface area (Å²) in [6.07, 6.45) is 6.92. The first-order valence-electron chi connectivity index (χ1n) is 7.59. The van der Waals surface area contributed by atoms with E-state index in [1.807, 2.05) is 31.6 Å². The van der Waals surface area contributed by atoms with E-state index >= 15 is 0 Å². The molecule has 6 heteroatoms. The van der Waals surface area contributed by atoms with Gasteiger partial charge in [0.15, 0.2) is 0 Å². The van der Waals surface area contributed by atoms with Crippen LogP contribution in [0.4, 0.5) is 5.95 Å². The molecule has 114 valence electrons. The molecule has 2 aromatic heterocycles. The summed E-state index contributed by atoms with van der Waals surface area (Å²) < 4.78 is 1.05. The molecule has 0 saturated carbocycles. The molecule has 22 heavy (non-hydrogen) atoms. The summed E-state index contributed by atoms with van der Waals surface area (Å²) in [4.78, 5) is 18.1. The number of pyridine rings is 1. The molecule has 0 radical (unpaired) electrons. The fourth-order valence-electron chi connectivity index (χ4n) is 3.45. The minimum Gasteiger partial charge on any atom is -0.338 e. The Morgan fingerprint density at radius 2 is 2.09 bits per heavy atom. The summed E-state index contributed by atoms with van der Waals surface area (Å²) in [5, 5.41) is 0. The second kappa shape index (κ2) is 5.59. The normalized spacial score (nSPS) is 24.2. The maximum Gasteiger partial charge on any atom is 0.225 e. The third-order valence-electron chi connectivity index (χ3n) is 4.54. The van der Waals surface area contributed by atoms with E-state index in [0.29, 0.717) is 12.1 Å². The van der Waals surface area contributed by atoms with Gasteiger partial charge in [-0.15, -0.1) is 0 Å². The minimum absolute atomic E-state index is 0.599. The van der Waals surface area contributed by atoms with Gasteiger partial charge in [0, 0.05) is 60.5 Å². The predicted molar refractivity (Wildman–Crippen MR) is 88.7 cm³/mol. The average molecular weight is 360 g/mol. The Bertz CT molecular complexity index is 680. The highest BCUT2D eigenvalue weighted by atomic mass is 79.9. The first kappa shape index (κ1) is 14.1. The minimum atomic E-state index is 0.599. The van der Waals surface area contributed by atoms with Crippen LogP contribution in [-0.4, -0.2) is 45.0 Å². The van der Waals surface area contributed by atoms with Crippen molar-refractivity contribution in [3.8, 4) is 0 Å². The molecule has 2 aromatic rings. The van der Waals surface area contributed by atoms with Crippen LogP contribution >= 0.6 is 15.9 Å². The summed E-state index contributed by atoms with van der Waals surface area (Å²) in [6.45, 7) is 5.02. The Kier molecular flexibility index (Phi) is 3.58. The molecule has 0 amide bonds. The van der Waals surface area contributed by atoms with Gasteiger partial charge in [-0.25, -0.2) is 9.97 Å².